The SMILES string of the molecule is CCCc1ccc(C=NN=Cc2ccc(CCC)cc2)cc1. The number of benzene rings is 2. The third kappa shape index (κ3) is 5.28. The minimum atomic E-state index is 1.08. The lowest BCUT2D eigenvalue weighted by Crippen LogP contribution is -1.86. The molecule has 2 aromatic rings. The van der Waals surface area contributed by atoms with Crippen molar-refractivity contribution in [3.05, 3.63) is 70.8 Å². The molecule has 0 amide bonds. The van der Waals surface area contributed by atoms with Gasteiger partial charge in [-0.3, -0.25) is 0 Å². The van der Waals surface area contributed by atoms with Crippen LogP contribution >= 0.6 is 0 Å². The molecule has 0 saturated carbocycles. The summed E-state index contributed by atoms with van der Waals surface area (Å²) in [7, 11) is 0. The maximum atomic E-state index is 4.12. The Hall–Kier alpha value is -2.22. The van der Waals surface area contributed by atoms with E-state index in [4.69, 9.17) is 0 Å². The van der Waals surface area contributed by atoms with Gasteiger partial charge in [0.1, 0.15) is 0 Å². The standard InChI is InChI=1S/C20H24N2/c1-3-5-17-7-11-19(12-8-17)15-21-22-16-20-13-9-18(6-4-2)10-14-20/h7-16H,3-6H2,1-2H3. The van der Waals surface area contributed by atoms with Gasteiger partial charge in [0.2, 0.25) is 0 Å². The lowest BCUT2D eigenvalue weighted by atomic mass is 10.1. The highest BCUT2D eigenvalue weighted by molar-refractivity contribution is 5.82. The van der Waals surface area contributed by atoms with Gasteiger partial charge in [-0.05, 0) is 35.1 Å². The molecule has 0 fully saturated rings. The molecule has 0 saturated heterocycles. The monoisotopic (exact) mass is 292 g/mol. The summed E-state index contributed by atoms with van der Waals surface area (Å²) < 4.78 is 0. The van der Waals surface area contributed by atoms with Gasteiger partial charge in [-0.2, -0.15) is 10.2 Å². The van der Waals surface area contributed by atoms with Crippen molar-refractivity contribution in [2.24, 2.45) is 10.2 Å². The summed E-state index contributed by atoms with van der Waals surface area (Å²) in [5.74, 6) is 0. The van der Waals surface area contributed by atoms with Crippen LogP contribution in [-0.4, -0.2) is 12.4 Å². The zero-order valence-electron chi connectivity index (χ0n) is 13.5. The van der Waals surface area contributed by atoms with Gasteiger partial charge in [0.15, 0.2) is 0 Å². The quantitative estimate of drug-likeness (QED) is 0.504. The Morgan fingerprint density at radius 2 is 1.00 bits per heavy atom. The third-order valence-corrected chi connectivity index (χ3v) is 3.52. The molecule has 0 atom stereocenters. The van der Waals surface area contributed by atoms with E-state index < -0.39 is 0 Å². The van der Waals surface area contributed by atoms with Crippen molar-refractivity contribution in [2.45, 2.75) is 39.5 Å². The van der Waals surface area contributed by atoms with Gasteiger partial charge in [0, 0.05) is 0 Å². The van der Waals surface area contributed by atoms with Crippen molar-refractivity contribution in [1.82, 2.24) is 0 Å². The van der Waals surface area contributed by atoms with Crippen molar-refractivity contribution < 1.29 is 0 Å². The van der Waals surface area contributed by atoms with Crippen LogP contribution in [0.3, 0.4) is 0 Å². The van der Waals surface area contributed by atoms with E-state index in [9.17, 15) is 0 Å². The lowest BCUT2D eigenvalue weighted by molar-refractivity contribution is 0.922. The average Bonchev–Trinajstić information content (AvgIpc) is 2.55. The molecular weight excluding hydrogens is 268 g/mol. The maximum Gasteiger partial charge on any atom is 0.0568 e. The third-order valence-electron chi connectivity index (χ3n) is 3.52. The predicted molar refractivity (Wildman–Crippen MR) is 96.1 cm³/mol. The summed E-state index contributed by atoms with van der Waals surface area (Å²) in [6.45, 7) is 4.39. The first kappa shape index (κ1) is 16.2. The van der Waals surface area contributed by atoms with Crippen LogP contribution in [0.15, 0.2) is 58.7 Å². The van der Waals surface area contributed by atoms with Crippen molar-refractivity contribution in [2.75, 3.05) is 0 Å². The molecule has 22 heavy (non-hydrogen) atoms. The Morgan fingerprint density at radius 3 is 1.32 bits per heavy atom. The molecule has 0 N–H and O–H groups in total. The molecule has 0 aliphatic rings. The van der Waals surface area contributed by atoms with Crippen LogP contribution < -0.4 is 0 Å². The van der Waals surface area contributed by atoms with Crippen molar-refractivity contribution in [1.29, 1.82) is 0 Å². The minimum Gasteiger partial charge on any atom is -0.159 e. The molecule has 0 aliphatic carbocycles. The van der Waals surface area contributed by atoms with Crippen LogP contribution in [0.25, 0.3) is 0 Å². The Morgan fingerprint density at radius 1 is 0.636 bits per heavy atom. The summed E-state index contributed by atoms with van der Waals surface area (Å²) in [5.41, 5.74) is 4.90. The topological polar surface area (TPSA) is 24.7 Å². The van der Waals surface area contributed by atoms with E-state index in [0.29, 0.717) is 0 Å². The van der Waals surface area contributed by atoms with Crippen LogP contribution in [-0.2, 0) is 12.8 Å². The molecule has 0 heterocycles. The van der Waals surface area contributed by atoms with Crippen molar-refractivity contribution >= 4 is 12.4 Å². The van der Waals surface area contributed by atoms with Crippen LogP contribution in [0.2, 0.25) is 0 Å². The minimum absolute atomic E-state index is 1.08. The molecule has 2 aromatic carbocycles. The Bertz CT molecular complexity index is 550. The Balaban J connectivity index is 1.90. The van der Waals surface area contributed by atoms with E-state index in [1.165, 1.54) is 24.0 Å². The Kier molecular flexibility index (Phi) is 6.56. The number of nitrogens with zero attached hydrogens (tertiary/aromatic N) is 2. The zero-order chi connectivity index (χ0) is 15.6. The number of aryl methyl sites for hydroxylation is 2. The molecule has 0 radical (unpaired) electrons. The molecule has 114 valence electrons. The van der Waals surface area contributed by atoms with E-state index in [1.54, 1.807) is 12.4 Å². The summed E-state index contributed by atoms with van der Waals surface area (Å²) in [6, 6.07) is 17.0. The Labute approximate surface area is 133 Å². The molecule has 0 aliphatic heterocycles. The largest absolute Gasteiger partial charge is 0.159 e. The fourth-order valence-corrected chi connectivity index (χ4v) is 2.32. The summed E-state index contributed by atoms with van der Waals surface area (Å²) in [5, 5.41) is 8.23. The molecule has 0 spiro atoms. The van der Waals surface area contributed by atoms with Crippen molar-refractivity contribution in [3.8, 4) is 0 Å². The van der Waals surface area contributed by atoms with Gasteiger partial charge < -0.3 is 0 Å². The van der Waals surface area contributed by atoms with E-state index in [1.807, 2.05) is 0 Å². The molecule has 2 rings (SSSR count). The number of hydrogen-bond acceptors (Lipinski definition) is 2. The summed E-state index contributed by atoms with van der Waals surface area (Å²) in [6.07, 6.45) is 8.19. The molecule has 0 bridgehead atoms. The lowest BCUT2D eigenvalue weighted by Gasteiger charge is -1.98. The fourth-order valence-electron chi connectivity index (χ4n) is 2.32. The first-order chi connectivity index (χ1) is 10.8. The van der Waals surface area contributed by atoms with Crippen LogP contribution in [0.1, 0.15) is 48.9 Å². The van der Waals surface area contributed by atoms with Crippen LogP contribution in [0, 0.1) is 0 Å². The first-order valence-electron chi connectivity index (χ1n) is 8.06. The number of hydrogen-bond donors (Lipinski definition) is 0. The molecule has 0 unspecified atom stereocenters. The fraction of sp³-hybridized carbons (Fsp3) is 0.300. The summed E-state index contributed by atoms with van der Waals surface area (Å²) in [4.78, 5) is 0. The molecule has 0 aromatic heterocycles. The normalized spacial score (nSPS) is 11.5. The van der Waals surface area contributed by atoms with Crippen LogP contribution in [0.4, 0.5) is 0 Å². The average molecular weight is 292 g/mol. The number of rotatable bonds is 7. The second-order valence-corrected chi connectivity index (χ2v) is 5.47. The zero-order valence-corrected chi connectivity index (χ0v) is 13.5. The molecular formula is C20H24N2. The second kappa shape index (κ2) is 8.93. The van der Waals surface area contributed by atoms with Crippen LogP contribution in [0.5, 0.6) is 0 Å². The molecule has 2 heteroatoms. The van der Waals surface area contributed by atoms with E-state index in [0.717, 1.165) is 24.0 Å². The van der Waals surface area contributed by atoms with Gasteiger partial charge >= 0.3 is 0 Å². The first-order valence-corrected chi connectivity index (χ1v) is 8.06. The summed E-state index contributed by atoms with van der Waals surface area (Å²) >= 11 is 0. The van der Waals surface area contributed by atoms with E-state index >= 15 is 0 Å². The highest BCUT2D eigenvalue weighted by Crippen LogP contribution is 2.06. The smallest absolute Gasteiger partial charge is 0.0568 e. The van der Waals surface area contributed by atoms with Gasteiger partial charge in [-0.1, -0.05) is 75.2 Å². The molecule has 2 nitrogen and oxygen atoms in total. The maximum absolute atomic E-state index is 4.12. The van der Waals surface area contributed by atoms with Gasteiger partial charge in [-0.15, -0.1) is 0 Å². The van der Waals surface area contributed by atoms with Gasteiger partial charge in [0.25, 0.3) is 0 Å². The van der Waals surface area contributed by atoms with Crippen molar-refractivity contribution in [3.63, 3.8) is 0 Å². The van der Waals surface area contributed by atoms with E-state index in [2.05, 4.69) is 72.6 Å². The highest BCUT2D eigenvalue weighted by Gasteiger charge is 1.92. The highest BCUT2D eigenvalue weighted by atomic mass is 15.2. The van der Waals surface area contributed by atoms with E-state index in [-0.39, 0.29) is 0 Å². The predicted octanol–water partition coefficient (Wildman–Crippen LogP) is 5.04. The van der Waals surface area contributed by atoms with Gasteiger partial charge in [-0.25, -0.2) is 0 Å². The van der Waals surface area contributed by atoms with Gasteiger partial charge in [0.05, 0.1) is 12.4 Å². The second-order valence-electron chi connectivity index (χ2n) is 5.47.